The molecule has 1 saturated heterocycles. The maximum atomic E-state index is 11.8. The third kappa shape index (κ3) is 4.85. The Morgan fingerprint density at radius 2 is 2.27 bits per heavy atom. The number of carbonyl (C=O) groups excluding carboxylic acids is 1. The maximum absolute atomic E-state index is 11.8. The van der Waals surface area contributed by atoms with Crippen LogP contribution in [-0.2, 0) is 14.3 Å². The van der Waals surface area contributed by atoms with E-state index in [0.717, 1.165) is 19.3 Å². The Kier molecular flexibility index (Phi) is 6.03. The molecule has 0 radical (unpaired) electrons. The minimum atomic E-state index is -0.534. The van der Waals surface area contributed by atoms with Gasteiger partial charge in [0, 0.05) is 12.4 Å². The summed E-state index contributed by atoms with van der Waals surface area (Å²) >= 11 is 0. The molecule has 124 valence electrons. The lowest BCUT2D eigenvalue weighted by atomic mass is 10.1. The van der Waals surface area contributed by atoms with Crippen molar-refractivity contribution in [2.75, 3.05) is 6.61 Å². The number of carbonyl (C=O) groups is 1. The van der Waals surface area contributed by atoms with Crippen molar-refractivity contribution in [1.82, 2.24) is 4.90 Å². The first kappa shape index (κ1) is 17.0. The fourth-order valence-corrected chi connectivity index (χ4v) is 2.80. The minimum absolute atomic E-state index is 0.0377. The lowest BCUT2D eigenvalue weighted by Crippen LogP contribution is -2.35. The molecule has 3 atom stereocenters. The van der Waals surface area contributed by atoms with E-state index < -0.39 is 6.04 Å². The standard InChI is InChI=1S/C17H28N2O3/c1-12(2)9-15(18)17(20)21-11-14-6-7-16(22-14)19-8-4-5-13(3)10-19/h4,8,10,12,14-16H,5-7,9,11,18H2,1-3H3. The summed E-state index contributed by atoms with van der Waals surface area (Å²) in [4.78, 5) is 13.9. The van der Waals surface area contributed by atoms with Crippen molar-refractivity contribution in [1.29, 1.82) is 0 Å². The van der Waals surface area contributed by atoms with E-state index >= 15 is 0 Å². The average Bonchev–Trinajstić information content (AvgIpc) is 2.93. The van der Waals surface area contributed by atoms with Crippen molar-refractivity contribution in [3.8, 4) is 0 Å². The normalized spacial score (nSPS) is 26.2. The Bertz CT molecular complexity index is 445. The highest BCUT2D eigenvalue weighted by Crippen LogP contribution is 2.26. The number of esters is 1. The molecular weight excluding hydrogens is 280 g/mol. The van der Waals surface area contributed by atoms with Gasteiger partial charge in [-0.3, -0.25) is 4.79 Å². The first-order chi connectivity index (χ1) is 10.5. The monoisotopic (exact) mass is 308 g/mol. The molecule has 0 spiro atoms. The van der Waals surface area contributed by atoms with Crippen LogP contribution in [0.5, 0.6) is 0 Å². The van der Waals surface area contributed by atoms with E-state index in [-0.39, 0.29) is 18.3 Å². The number of hydrogen-bond donors (Lipinski definition) is 1. The van der Waals surface area contributed by atoms with Gasteiger partial charge in [-0.15, -0.1) is 0 Å². The van der Waals surface area contributed by atoms with Gasteiger partial charge in [0.2, 0.25) is 0 Å². The topological polar surface area (TPSA) is 64.8 Å². The molecule has 3 unspecified atom stereocenters. The van der Waals surface area contributed by atoms with Crippen LogP contribution in [0.3, 0.4) is 0 Å². The lowest BCUT2D eigenvalue weighted by molar-refractivity contribution is -0.150. The zero-order valence-electron chi connectivity index (χ0n) is 13.8. The van der Waals surface area contributed by atoms with Crippen molar-refractivity contribution < 1.29 is 14.3 Å². The van der Waals surface area contributed by atoms with Gasteiger partial charge in [-0.1, -0.05) is 25.5 Å². The van der Waals surface area contributed by atoms with Gasteiger partial charge >= 0.3 is 5.97 Å². The van der Waals surface area contributed by atoms with Gasteiger partial charge in [0.05, 0.1) is 6.10 Å². The van der Waals surface area contributed by atoms with Gasteiger partial charge in [-0.25, -0.2) is 0 Å². The van der Waals surface area contributed by atoms with E-state index in [9.17, 15) is 4.79 Å². The number of nitrogens with zero attached hydrogens (tertiary/aromatic N) is 1. The molecule has 2 N–H and O–H groups in total. The molecular formula is C17H28N2O3. The molecule has 0 aromatic heterocycles. The number of rotatable bonds is 6. The molecule has 2 heterocycles. The zero-order valence-corrected chi connectivity index (χ0v) is 13.8. The molecule has 2 rings (SSSR count). The van der Waals surface area contributed by atoms with Crippen LogP contribution in [0.4, 0.5) is 0 Å². The molecule has 0 aromatic rings. The Balaban J connectivity index is 1.73. The molecule has 0 aromatic carbocycles. The van der Waals surface area contributed by atoms with E-state index in [2.05, 4.69) is 30.3 Å². The van der Waals surface area contributed by atoms with Crippen molar-refractivity contribution in [2.45, 2.75) is 64.8 Å². The molecule has 5 nitrogen and oxygen atoms in total. The Labute approximate surface area is 133 Å². The second-order valence-electron chi connectivity index (χ2n) is 6.67. The van der Waals surface area contributed by atoms with E-state index in [1.807, 2.05) is 13.8 Å². The summed E-state index contributed by atoms with van der Waals surface area (Å²) in [7, 11) is 0. The number of nitrogens with two attached hydrogens (primary N) is 1. The van der Waals surface area contributed by atoms with E-state index in [1.165, 1.54) is 5.57 Å². The first-order valence-corrected chi connectivity index (χ1v) is 8.14. The highest BCUT2D eigenvalue weighted by atomic mass is 16.6. The Morgan fingerprint density at radius 1 is 1.50 bits per heavy atom. The maximum Gasteiger partial charge on any atom is 0.323 e. The summed E-state index contributed by atoms with van der Waals surface area (Å²) in [6.07, 6.45) is 9.80. The van der Waals surface area contributed by atoms with Crippen LogP contribution in [0.15, 0.2) is 24.0 Å². The number of allylic oxidation sites excluding steroid dienone is 2. The van der Waals surface area contributed by atoms with Crippen molar-refractivity contribution in [2.24, 2.45) is 11.7 Å². The minimum Gasteiger partial charge on any atom is -0.462 e. The van der Waals surface area contributed by atoms with Crippen LogP contribution < -0.4 is 5.73 Å². The molecule has 0 saturated carbocycles. The lowest BCUT2D eigenvalue weighted by Gasteiger charge is -2.27. The highest BCUT2D eigenvalue weighted by molar-refractivity contribution is 5.75. The van der Waals surface area contributed by atoms with Crippen molar-refractivity contribution in [3.63, 3.8) is 0 Å². The Morgan fingerprint density at radius 3 is 2.95 bits per heavy atom. The van der Waals surface area contributed by atoms with Gasteiger partial charge in [-0.2, -0.15) is 0 Å². The zero-order chi connectivity index (χ0) is 16.1. The molecule has 0 bridgehead atoms. The quantitative estimate of drug-likeness (QED) is 0.764. The summed E-state index contributed by atoms with van der Waals surface area (Å²) in [5.74, 6) is 0.0601. The third-order valence-electron chi connectivity index (χ3n) is 3.94. The SMILES string of the molecule is CC1=CN(C2CCC(COC(=O)C(N)CC(C)C)O2)C=CC1. The number of ether oxygens (including phenoxy) is 2. The molecule has 5 heteroatoms. The molecule has 22 heavy (non-hydrogen) atoms. The smallest absolute Gasteiger partial charge is 0.323 e. The van der Waals surface area contributed by atoms with Crippen molar-refractivity contribution >= 4 is 5.97 Å². The second-order valence-corrected chi connectivity index (χ2v) is 6.67. The third-order valence-corrected chi connectivity index (χ3v) is 3.94. The van der Waals surface area contributed by atoms with Gasteiger partial charge in [0.15, 0.2) is 0 Å². The van der Waals surface area contributed by atoms with Gasteiger partial charge in [-0.05, 0) is 38.5 Å². The molecule has 0 aliphatic carbocycles. The van der Waals surface area contributed by atoms with Crippen LogP contribution in [0, 0.1) is 5.92 Å². The molecule has 0 amide bonds. The predicted molar refractivity (Wildman–Crippen MR) is 85.6 cm³/mol. The van der Waals surface area contributed by atoms with Gasteiger partial charge in [0.25, 0.3) is 0 Å². The van der Waals surface area contributed by atoms with Crippen LogP contribution in [0.25, 0.3) is 0 Å². The summed E-state index contributed by atoms with van der Waals surface area (Å²) in [6, 6.07) is -0.534. The van der Waals surface area contributed by atoms with Gasteiger partial charge < -0.3 is 20.1 Å². The van der Waals surface area contributed by atoms with Crippen LogP contribution in [0.2, 0.25) is 0 Å². The number of hydrogen-bond acceptors (Lipinski definition) is 5. The van der Waals surface area contributed by atoms with Crippen LogP contribution in [0.1, 0.15) is 46.5 Å². The molecule has 1 fully saturated rings. The van der Waals surface area contributed by atoms with E-state index in [4.69, 9.17) is 15.2 Å². The van der Waals surface area contributed by atoms with E-state index in [1.54, 1.807) is 0 Å². The summed E-state index contributed by atoms with van der Waals surface area (Å²) < 4.78 is 11.3. The summed E-state index contributed by atoms with van der Waals surface area (Å²) in [5, 5.41) is 0. The van der Waals surface area contributed by atoms with E-state index in [0.29, 0.717) is 18.9 Å². The first-order valence-electron chi connectivity index (χ1n) is 8.14. The Hall–Kier alpha value is -1.33. The van der Waals surface area contributed by atoms with Crippen LogP contribution in [-0.4, -0.2) is 35.8 Å². The summed E-state index contributed by atoms with van der Waals surface area (Å²) in [5.41, 5.74) is 7.14. The highest BCUT2D eigenvalue weighted by Gasteiger charge is 2.30. The van der Waals surface area contributed by atoms with Gasteiger partial charge in [0.1, 0.15) is 18.9 Å². The average molecular weight is 308 g/mol. The fraction of sp³-hybridized carbons (Fsp3) is 0.706. The molecule has 2 aliphatic rings. The second kappa shape index (κ2) is 7.79. The van der Waals surface area contributed by atoms with Crippen LogP contribution >= 0.6 is 0 Å². The van der Waals surface area contributed by atoms with Crippen molar-refractivity contribution in [3.05, 3.63) is 24.0 Å². The summed E-state index contributed by atoms with van der Waals surface area (Å²) in [6.45, 7) is 6.49. The molecule has 2 aliphatic heterocycles. The predicted octanol–water partition coefficient (Wildman–Crippen LogP) is 2.53. The fourth-order valence-electron chi connectivity index (χ4n) is 2.80. The largest absolute Gasteiger partial charge is 0.462 e.